The fourth-order valence-corrected chi connectivity index (χ4v) is 1.75. The van der Waals surface area contributed by atoms with E-state index in [1.807, 2.05) is 25.5 Å². The molecule has 0 saturated carbocycles. The van der Waals surface area contributed by atoms with Crippen molar-refractivity contribution in [1.82, 2.24) is 9.78 Å². The Balaban J connectivity index is 2.96. The van der Waals surface area contributed by atoms with Gasteiger partial charge in [-0.25, -0.2) is 0 Å². The van der Waals surface area contributed by atoms with E-state index in [9.17, 15) is 4.79 Å². The van der Waals surface area contributed by atoms with Gasteiger partial charge in [0.15, 0.2) is 0 Å². The van der Waals surface area contributed by atoms with Gasteiger partial charge in [-0.2, -0.15) is 5.10 Å². The molecule has 0 aromatic carbocycles. The molecule has 1 rings (SSSR count). The number of aromatic nitrogens is 2. The Kier molecular flexibility index (Phi) is 4.28. The first-order valence-electron chi connectivity index (χ1n) is 6.00. The Morgan fingerprint density at radius 1 is 1.47 bits per heavy atom. The monoisotopic (exact) mass is 238 g/mol. The minimum Gasteiger partial charge on any atom is -0.322 e. The molecule has 1 atom stereocenters. The number of hydrogen-bond acceptors (Lipinski definition) is 3. The molecule has 17 heavy (non-hydrogen) atoms. The van der Waals surface area contributed by atoms with Crippen molar-refractivity contribution in [3.63, 3.8) is 0 Å². The second-order valence-electron chi connectivity index (χ2n) is 4.59. The predicted molar refractivity (Wildman–Crippen MR) is 69.0 cm³/mol. The molecule has 5 nitrogen and oxygen atoms in total. The predicted octanol–water partition coefficient (Wildman–Crippen LogP) is 1.76. The third-order valence-electron chi connectivity index (χ3n) is 2.84. The summed E-state index contributed by atoms with van der Waals surface area (Å²) in [5.74, 6) is -0.151. The van der Waals surface area contributed by atoms with Gasteiger partial charge < -0.3 is 11.1 Å². The van der Waals surface area contributed by atoms with Crippen LogP contribution in [0.3, 0.4) is 0 Å². The van der Waals surface area contributed by atoms with Crippen molar-refractivity contribution < 1.29 is 4.79 Å². The van der Waals surface area contributed by atoms with Gasteiger partial charge in [0.05, 0.1) is 23.1 Å². The van der Waals surface area contributed by atoms with E-state index in [-0.39, 0.29) is 11.9 Å². The number of nitrogens with one attached hydrogen (secondary N) is 1. The summed E-state index contributed by atoms with van der Waals surface area (Å²) >= 11 is 0. The van der Waals surface area contributed by atoms with Crippen LogP contribution in [0, 0.1) is 13.8 Å². The maximum absolute atomic E-state index is 11.8. The molecule has 0 spiro atoms. The van der Waals surface area contributed by atoms with Crippen LogP contribution in [0.25, 0.3) is 0 Å². The van der Waals surface area contributed by atoms with Crippen LogP contribution in [0.2, 0.25) is 0 Å². The molecule has 0 unspecified atom stereocenters. The van der Waals surface area contributed by atoms with Crippen LogP contribution in [0.15, 0.2) is 0 Å². The lowest BCUT2D eigenvalue weighted by atomic mass is 10.2. The third kappa shape index (κ3) is 2.85. The van der Waals surface area contributed by atoms with Crippen LogP contribution in [0.5, 0.6) is 0 Å². The summed E-state index contributed by atoms with van der Waals surface area (Å²) in [6.45, 7) is 9.85. The number of carbonyl (C=O) groups is 1. The molecular weight excluding hydrogens is 216 g/mol. The van der Waals surface area contributed by atoms with Gasteiger partial charge in [-0.15, -0.1) is 0 Å². The molecule has 0 saturated heterocycles. The lowest BCUT2D eigenvalue weighted by molar-refractivity contribution is -0.117. The van der Waals surface area contributed by atoms with E-state index in [0.717, 1.165) is 17.1 Å². The van der Waals surface area contributed by atoms with Crippen molar-refractivity contribution in [2.24, 2.45) is 5.73 Å². The Hall–Kier alpha value is -1.36. The third-order valence-corrected chi connectivity index (χ3v) is 2.84. The van der Waals surface area contributed by atoms with E-state index in [0.29, 0.717) is 6.42 Å². The zero-order valence-electron chi connectivity index (χ0n) is 11.2. The van der Waals surface area contributed by atoms with Crippen LogP contribution < -0.4 is 11.1 Å². The van der Waals surface area contributed by atoms with Gasteiger partial charge in [0, 0.05) is 6.04 Å². The highest BCUT2D eigenvalue weighted by Crippen LogP contribution is 2.22. The van der Waals surface area contributed by atoms with Crippen molar-refractivity contribution in [2.45, 2.75) is 53.1 Å². The average Bonchev–Trinajstić information content (AvgIpc) is 2.55. The standard InChI is InChI=1S/C12H22N4O/c1-6-10(13)12(17)14-11-8(4)15-16(7(2)3)9(11)5/h7,10H,6,13H2,1-5H3,(H,14,17)/t10-/m0/s1. The van der Waals surface area contributed by atoms with E-state index >= 15 is 0 Å². The zero-order chi connectivity index (χ0) is 13.2. The van der Waals surface area contributed by atoms with E-state index in [1.165, 1.54) is 0 Å². The average molecular weight is 238 g/mol. The van der Waals surface area contributed by atoms with Gasteiger partial charge in [-0.05, 0) is 34.1 Å². The Morgan fingerprint density at radius 2 is 2.06 bits per heavy atom. The highest BCUT2D eigenvalue weighted by Gasteiger charge is 2.18. The molecule has 1 heterocycles. The molecule has 5 heteroatoms. The quantitative estimate of drug-likeness (QED) is 0.839. The van der Waals surface area contributed by atoms with Crippen LogP contribution >= 0.6 is 0 Å². The largest absolute Gasteiger partial charge is 0.322 e. The molecule has 0 bridgehead atoms. The molecule has 1 amide bonds. The van der Waals surface area contributed by atoms with Crippen LogP contribution in [-0.4, -0.2) is 21.7 Å². The molecule has 1 aromatic heterocycles. The van der Waals surface area contributed by atoms with Gasteiger partial charge >= 0.3 is 0 Å². The van der Waals surface area contributed by atoms with Gasteiger partial charge in [-0.1, -0.05) is 6.92 Å². The van der Waals surface area contributed by atoms with Crippen molar-refractivity contribution in [2.75, 3.05) is 5.32 Å². The number of rotatable bonds is 4. The van der Waals surface area contributed by atoms with Crippen LogP contribution in [0.1, 0.15) is 44.6 Å². The SMILES string of the molecule is CC[C@H](N)C(=O)Nc1c(C)nn(C(C)C)c1C. The topological polar surface area (TPSA) is 72.9 Å². The smallest absolute Gasteiger partial charge is 0.241 e. The van der Waals surface area contributed by atoms with Crippen LogP contribution in [-0.2, 0) is 4.79 Å². The summed E-state index contributed by atoms with van der Waals surface area (Å²) in [6, 6.07) is -0.185. The van der Waals surface area contributed by atoms with Gasteiger partial charge in [-0.3, -0.25) is 9.48 Å². The minimum atomic E-state index is -0.462. The first kappa shape index (κ1) is 13.7. The van der Waals surface area contributed by atoms with Crippen molar-refractivity contribution >= 4 is 11.6 Å². The molecule has 3 N–H and O–H groups in total. The number of anilines is 1. The number of nitrogens with zero attached hydrogens (tertiary/aromatic N) is 2. The number of amides is 1. The second-order valence-corrected chi connectivity index (χ2v) is 4.59. The highest BCUT2D eigenvalue weighted by molar-refractivity contribution is 5.95. The fraction of sp³-hybridized carbons (Fsp3) is 0.667. The Morgan fingerprint density at radius 3 is 2.47 bits per heavy atom. The first-order chi connectivity index (χ1) is 7.88. The minimum absolute atomic E-state index is 0.151. The summed E-state index contributed by atoms with van der Waals surface area (Å²) in [6.07, 6.45) is 0.627. The molecule has 1 aromatic rings. The van der Waals surface area contributed by atoms with E-state index in [4.69, 9.17) is 5.73 Å². The molecule has 0 aliphatic heterocycles. The normalized spacial score (nSPS) is 12.9. The second kappa shape index (κ2) is 5.31. The maximum atomic E-state index is 11.8. The summed E-state index contributed by atoms with van der Waals surface area (Å²) < 4.78 is 1.91. The van der Waals surface area contributed by atoms with Crippen molar-refractivity contribution in [3.8, 4) is 0 Å². The van der Waals surface area contributed by atoms with E-state index in [2.05, 4.69) is 24.3 Å². The van der Waals surface area contributed by atoms with Crippen LogP contribution in [0.4, 0.5) is 5.69 Å². The van der Waals surface area contributed by atoms with Gasteiger partial charge in [0.2, 0.25) is 5.91 Å². The van der Waals surface area contributed by atoms with Gasteiger partial charge in [0.25, 0.3) is 0 Å². The Bertz CT molecular complexity index is 409. The summed E-state index contributed by atoms with van der Waals surface area (Å²) in [7, 11) is 0. The van der Waals surface area contributed by atoms with Gasteiger partial charge in [0.1, 0.15) is 0 Å². The van der Waals surface area contributed by atoms with E-state index in [1.54, 1.807) is 0 Å². The van der Waals surface area contributed by atoms with Crippen molar-refractivity contribution in [1.29, 1.82) is 0 Å². The maximum Gasteiger partial charge on any atom is 0.241 e. The Labute approximate surface area is 102 Å². The summed E-state index contributed by atoms with van der Waals surface area (Å²) in [5, 5.41) is 7.27. The molecule has 0 fully saturated rings. The molecule has 0 aliphatic rings. The lowest BCUT2D eigenvalue weighted by Crippen LogP contribution is -2.35. The number of carbonyl (C=O) groups excluding carboxylic acids is 1. The van der Waals surface area contributed by atoms with E-state index < -0.39 is 6.04 Å². The highest BCUT2D eigenvalue weighted by atomic mass is 16.2. The molecule has 0 radical (unpaired) electrons. The number of nitrogens with two attached hydrogens (primary N) is 1. The summed E-state index contributed by atoms with van der Waals surface area (Å²) in [5.41, 5.74) is 8.27. The lowest BCUT2D eigenvalue weighted by Gasteiger charge is -2.11. The molecular formula is C12H22N4O. The number of aryl methyl sites for hydroxylation is 1. The number of hydrogen-bond donors (Lipinski definition) is 2. The molecule has 96 valence electrons. The van der Waals surface area contributed by atoms with Crippen molar-refractivity contribution in [3.05, 3.63) is 11.4 Å². The molecule has 0 aliphatic carbocycles. The first-order valence-corrected chi connectivity index (χ1v) is 6.00. The zero-order valence-corrected chi connectivity index (χ0v) is 11.2. The summed E-state index contributed by atoms with van der Waals surface area (Å²) in [4.78, 5) is 11.8. The fourth-order valence-electron chi connectivity index (χ4n) is 1.75.